The van der Waals surface area contributed by atoms with E-state index in [9.17, 15) is 19.4 Å². The van der Waals surface area contributed by atoms with Crippen LogP contribution in [0.4, 0.5) is 4.39 Å². The zero-order valence-electron chi connectivity index (χ0n) is 10.7. The largest absolute Gasteiger partial charge is 0.505 e. The van der Waals surface area contributed by atoms with Crippen LogP contribution in [0.15, 0.2) is 6.07 Å². The maximum atomic E-state index is 13.7. The molecule has 0 bridgehead atoms. The molecule has 104 valence electrons. The quantitative estimate of drug-likeness (QED) is 0.875. The molecule has 0 aromatic heterocycles. The van der Waals surface area contributed by atoms with Crippen molar-refractivity contribution in [2.75, 3.05) is 14.2 Å². The molecule has 0 amide bonds. The van der Waals surface area contributed by atoms with Crippen molar-refractivity contribution in [2.45, 2.75) is 24.7 Å². The first-order valence-electron chi connectivity index (χ1n) is 5.85. The molecule has 0 aliphatic heterocycles. The predicted octanol–water partition coefficient (Wildman–Crippen LogP) is 2.05. The highest BCUT2D eigenvalue weighted by Gasteiger charge is 2.50. The van der Waals surface area contributed by atoms with Gasteiger partial charge in [0.2, 0.25) is 0 Å². The second kappa shape index (κ2) is 4.60. The molecule has 0 saturated heterocycles. The van der Waals surface area contributed by atoms with E-state index in [-0.39, 0.29) is 17.1 Å². The first-order chi connectivity index (χ1) is 8.97. The summed E-state index contributed by atoms with van der Waals surface area (Å²) in [6, 6.07) is 0.978. The molecule has 0 atom stereocenters. The molecule has 1 saturated carbocycles. The second-order valence-corrected chi connectivity index (χ2v) is 4.56. The van der Waals surface area contributed by atoms with Crippen molar-refractivity contribution in [3.05, 3.63) is 17.4 Å². The van der Waals surface area contributed by atoms with Gasteiger partial charge < -0.3 is 19.7 Å². The van der Waals surface area contributed by atoms with Crippen LogP contribution in [0.25, 0.3) is 0 Å². The first-order valence-corrected chi connectivity index (χ1v) is 5.85. The van der Waals surface area contributed by atoms with Crippen molar-refractivity contribution in [1.29, 1.82) is 0 Å². The molecule has 19 heavy (non-hydrogen) atoms. The third-order valence-electron chi connectivity index (χ3n) is 3.69. The van der Waals surface area contributed by atoms with E-state index in [0.29, 0.717) is 19.3 Å². The molecule has 5 nitrogen and oxygen atoms in total. The van der Waals surface area contributed by atoms with Crippen LogP contribution in [-0.2, 0) is 10.2 Å². The van der Waals surface area contributed by atoms with Crippen LogP contribution >= 0.6 is 0 Å². The van der Waals surface area contributed by atoms with Gasteiger partial charge >= 0.3 is 5.97 Å². The Morgan fingerprint density at radius 3 is 2.37 bits per heavy atom. The molecule has 6 heteroatoms. The number of hydrogen-bond acceptors (Lipinski definition) is 4. The van der Waals surface area contributed by atoms with Crippen molar-refractivity contribution in [1.82, 2.24) is 0 Å². The molecule has 1 aromatic carbocycles. The zero-order valence-corrected chi connectivity index (χ0v) is 10.7. The number of carboxylic acid groups (broad SMARTS) is 1. The first kappa shape index (κ1) is 13.5. The Balaban J connectivity index is 2.73. The highest BCUT2D eigenvalue weighted by molar-refractivity contribution is 5.85. The van der Waals surface area contributed by atoms with Gasteiger partial charge in [-0.25, -0.2) is 4.39 Å². The summed E-state index contributed by atoms with van der Waals surface area (Å²) >= 11 is 0. The minimum absolute atomic E-state index is 0.0365. The fraction of sp³-hybridized carbons (Fsp3) is 0.462. The number of hydrogen-bond donors (Lipinski definition) is 2. The van der Waals surface area contributed by atoms with Gasteiger partial charge in [0.05, 0.1) is 19.8 Å². The van der Waals surface area contributed by atoms with Crippen LogP contribution in [0, 0.1) is 5.82 Å². The topological polar surface area (TPSA) is 76.0 Å². The van der Waals surface area contributed by atoms with Gasteiger partial charge in [0.15, 0.2) is 23.1 Å². The Morgan fingerprint density at radius 2 is 2.00 bits per heavy atom. The summed E-state index contributed by atoms with van der Waals surface area (Å²) in [5.41, 5.74) is -1.34. The summed E-state index contributed by atoms with van der Waals surface area (Å²) < 4.78 is 23.8. The third kappa shape index (κ3) is 1.78. The van der Waals surface area contributed by atoms with Crippen molar-refractivity contribution < 1.29 is 28.9 Å². The Labute approximate surface area is 109 Å². The number of ether oxygens (including phenoxy) is 2. The van der Waals surface area contributed by atoms with Gasteiger partial charge in [-0.05, 0) is 12.8 Å². The standard InChI is InChI=1S/C13H15FO5/c1-18-8-6-7(14)10(15)9(11(8)19-2)13(12(16)17)4-3-5-13/h6,15H,3-5H2,1-2H3,(H,16,17). The highest BCUT2D eigenvalue weighted by atomic mass is 19.1. The molecular weight excluding hydrogens is 255 g/mol. The number of carboxylic acids is 1. The van der Waals surface area contributed by atoms with Gasteiger partial charge in [0, 0.05) is 6.07 Å². The van der Waals surface area contributed by atoms with Crippen molar-refractivity contribution in [2.24, 2.45) is 0 Å². The molecule has 0 radical (unpaired) electrons. The van der Waals surface area contributed by atoms with Crippen LogP contribution in [0.3, 0.4) is 0 Å². The van der Waals surface area contributed by atoms with Gasteiger partial charge in [-0.3, -0.25) is 4.79 Å². The van der Waals surface area contributed by atoms with Crippen molar-refractivity contribution in [3.63, 3.8) is 0 Å². The van der Waals surface area contributed by atoms with E-state index in [4.69, 9.17) is 9.47 Å². The SMILES string of the molecule is COc1cc(F)c(O)c(C2(C(=O)O)CCC2)c1OC. The summed E-state index contributed by atoms with van der Waals surface area (Å²) in [6.07, 6.45) is 1.37. The van der Waals surface area contributed by atoms with E-state index >= 15 is 0 Å². The molecule has 1 aliphatic carbocycles. The van der Waals surface area contributed by atoms with Gasteiger partial charge in [0.1, 0.15) is 5.41 Å². The Bertz CT molecular complexity index is 522. The number of rotatable bonds is 4. The molecule has 2 rings (SSSR count). The molecule has 1 aliphatic rings. The van der Waals surface area contributed by atoms with Gasteiger partial charge in [0.25, 0.3) is 0 Å². The fourth-order valence-electron chi connectivity index (χ4n) is 2.50. The van der Waals surface area contributed by atoms with Gasteiger partial charge in [-0.2, -0.15) is 0 Å². The Hall–Kier alpha value is -1.98. The number of benzene rings is 1. The van der Waals surface area contributed by atoms with Crippen LogP contribution in [0.5, 0.6) is 17.2 Å². The summed E-state index contributed by atoms with van der Waals surface area (Å²) in [4.78, 5) is 11.5. The zero-order chi connectivity index (χ0) is 14.2. The minimum Gasteiger partial charge on any atom is -0.505 e. The second-order valence-electron chi connectivity index (χ2n) is 4.56. The average molecular weight is 270 g/mol. The van der Waals surface area contributed by atoms with E-state index in [1.54, 1.807) is 0 Å². The minimum atomic E-state index is -1.30. The summed E-state index contributed by atoms with van der Waals surface area (Å²) in [5.74, 6) is -2.55. The van der Waals surface area contributed by atoms with Crippen LogP contribution < -0.4 is 9.47 Å². The normalized spacial score (nSPS) is 16.6. The number of phenolic OH excluding ortho intramolecular Hbond substituents is 1. The van der Waals surface area contributed by atoms with Crippen LogP contribution in [0.2, 0.25) is 0 Å². The predicted molar refractivity (Wildman–Crippen MR) is 64.3 cm³/mol. The number of halogens is 1. The lowest BCUT2D eigenvalue weighted by Gasteiger charge is -2.39. The van der Waals surface area contributed by atoms with E-state index < -0.39 is 23.0 Å². The smallest absolute Gasteiger partial charge is 0.314 e. The van der Waals surface area contributed by atoms with E-state index in [0.717, 1.165) is 6.07 Å². The number of aromatic hydroxyl groups is 1. The lowest BCUT2D eigenvalue weighted by Crippen LogP contribution is -2.42. The molecule has 1 aromatic rings. The maximum Gasteiger partial charge on any atom is 0.314 e. The van der Waals surface area contributed by atoms with Crippen LogP contribution in [-0.4, -0.2) is 30.4 Å². The number of methoxy groups -OCH3 is 2. The monoisotopic (exact) mass is 270 g/mol. The lowest BCUT2D eigenvalue weighted by molar-refractivity contribution is -0.147. The van der Waals surface area contributed by atoms with Crippen molar-refractivity contribution in [3.8, 4) is 17.2 Å². The highest BCUT2D eigenvalue weighted by Crippen LogP contribution is 2.54. The van der Waals surface area contributed by atoms with E-state index in [2.05, 4.69) is 0 Å². The van der Waals surface area contributed by atoms with Crippen LogP contribution in [0.1, 0.15) is 24.8 Å². The molecule has 0 spiro atoms. The molecule has 1 fully saturated rings. The average Bonchev–Trinajstić information content (AvgIpc) is 2.32. The maximum absolute atomic E-state index is 13.7. The van der Waals surface area contributed by atoms with E-state index in [1.807, 2.05) is 0 Å². The lowest BCUT2D eigenvalue weighted by atomic mass is 9.64. The summed E-state index contributed by atoms with van der Waals surface area (Å²) in [6.45, 7) is 0. The summed E-state index contributed by atoms with van der Waals surface area (Å²) in [5, 5.41) is 19.3. The molecule has 0 unspecified atom stereocenters. The molecule has 0 heterocycles. The van der Waals surface area contributed by atoms with Gasteiger partial charge in [-0.15, -0.1) is 0 Å². The Kier molecular flexibility index (Phi) is 3.26. The summed E-state index contributed by atoms with van der Waals surface area (Å²) in [7, 11) is 2.65. The number of aliphatic carboxylic acids is 1. The van der Waals surface area contributed by atoms with E-state index in [1.165, 1.54) is 14.2 Å². The number of carbonyl (C=O) groups is 1. The van der Waals surface area contributed by atoms with Gasteiger partial charge in [-0.1, -0.05) is 6.42 Å². The third-order valence-corrected chi connectivity index (χ3v) is 3.69. The number of phenols is 1. The fourth-order valence-corrected chi connectivity index (χ4v) is 2.50. The van der Waals surface area contributed by atoms with Crippen molar-refractivity contribution >= 4 is 5.97 Å². The Morgan fingerprint density at radius 1 is 1.37 bits per heavy atom. The molecule has 2 N–H and O–H groups in total. The molecular formula is C13H15FO5.